The number of hydrogen-bond donors (Lipinski definition) is 1. The first kappa shape index (κ1) is 16.8. The number of amides is 2. The van der Waals surface area contributed by atoms with Crippen molar-refractivity contribution in [2.75, 3.05) is 26.2 Å². The fraction of sp³-hybridized carbons (Fsp3) is 0.500. The fourth-order valence-electron chi connectivity index (χ4n) is 2.45. The predicted molar refractivity (Wildman–Crippen MR) is 88.3 cm³/mol. The average molecular weight is 378 g/mol. The number of benzene rings is 1. The second kappa shape index (κ2) is 6.47. The van der Waals surface area contributed by atoms with Gasteiger partial charge in [-0.15, -0.1) is 0 Å². The van der Waals surface area contributed by atoms with E-state index in [0.717, 1.165) is 12.8 Å². The Morgan fingerprint density at radius 3 is 2.39 bits per heavy atom. The lowest BCUT2D eigenvalue weighted by Crippen LogP contribution is -2.53. The molecular formula is C14H17Cl2N3O3S. The molecule has 1 aromatic rings. The number of carbonyl (C=O) groups is 1. The molecule has 23 heavy (non-hydrogen) atoms. The molecule has 1 aliphatic heterocycles. The number of halogens is 2. The van der Waals surface area contributed by atoms with E-state index in [1.807, 2.05) is 0 Å². The summed E-state index contributed by atoms with van der Waals surface area (Å²) < 4.78 is 26.7. The molecule has 1 N–H and O–H groups in total. The Labute approximate surface area is 145 Å². The van der Waals surface area contributed by atoms with Crippen molar-refractivity contribution in [2.45, 2.75) is 23.8 Å². The zero-order valence-electron chi connectivity index (χ0n) is 12.3. The Morgan fingerprint density at radius 1 is 1.13 bits per heavy atom. The van der Waals surface area contributed by atoms with Gasteiger partial charge in [0.2, 0.25) is 10.0 Å². The summed E-state index contributed by atoms with van der Waals surface area (Å²) in [6.45, 7) is 1.19. The Morgan fingerprint density at radius 2 is 1.78 bits per heavy atom. The minimum absolute atomic E-state index is 0.00236. The molecule has 1 heterocycles. The summed E-state index contributed by atoms with van der Waals surface area (Å²) in [5.74, 6) is 0. The second-order valence-electron chi connectivity index (χ2n) is 5.67. The zero-order valence-corrected chi connectivity index (χ0v) is 14.7. The number of carbonyl (C=O) groups excluding carboxylic acids is 1. The van der Waals surface area contributed by atoms with Crippen LogP contribution in [0.4, 0.5) is 4.79 Å². The first-order valence-corrected chi connectivity index (χ1v) is 9.59. The van der Waals surface area contributed by atoms with Crippen LogP contribution < -0.4 is 5.32 Å². The third-order valence-electron chi connectivity index (χ3n) is 3.96. The fourth-order valence-corrected chi connectivity index (χ4v) is 4.61. The number of hydrogen-bond acceptors (Lipinski definition) is 3. The highest BCUT2D eigenvalue weighted by atomic mass is 35.5. The first-order valence-electron chi connectivity index (χ1n) is 7.39. The van der Waals surface area contributed by atoms with E-state index in [9.17, 15) is 13.2 Å². The molecule has 0 bridgehead atoms. The zero-order chi connectivity index (χ0) is 16.6. The van der Waals surface area contributed by atoms with Crippen molar-refractivity contribution in [3.05, 3.63) is 28.2 Å². The second-order valence-corrected chi connectivity index (χ2v) is 8.36. The van der Waals surface area contributed by atoms with Gasteiger partial charge in [0.1, 0.15) is 4.90 Å². The minimum Gasteiger partial charge on any atom is -0.335 e. The van der Waals surface area contributed by atoms with E-state index in [-0.39, 0.29) is 40.1 Å². The number of rotatable bonds is 3. The highest BCUT2D eigenvalue weighted by molar-refractivity contribution is 7.89. The van der Waals surface area contributed by atoms with Crippen LogP contribution in [0.25, 0.3) is 0 Å². The van der Waals surface area contributed by atoms with E-state index in [4.69, 9.17) is 23.2 Å². The SMILES string of the molecule is O=C(NC1CC1)N1CCN(S(=O)(=O)c2cccc(Cl)c2Cl)CC1. The van der Waals surface area contributed by atoms with Crippen LogP contribution in [0.3, 0.4) is 0 Å². The lowest BCUT2D eigenvalue weighted by Gasteiger charge is -2.34. The van der Waals surface area contributed by atoms with Gasteiger partial charge in [-0.05, 0) is 25.0 Å². The van der Waals surface area contributed by atoms with Gasteiger partial charge >= 0.3 is 6.03 Å². The van der Waals surface area contributed by atoms with Crippen molar-refractivity contribution >= 4 is 39.3 Å². The summed E-state index contributed by atoms with van der Waals surface area (Å²) in [5.41, 5.74) is 0. The Bertz CT molecular complexity index is 714. The van der Waals surface area contributed by atoms with Gasteiger partial charge in [0.25, 0.3) is 0 Å². The molecule has 2 amide bonds. The number of sulfonamides is 1. The highest BCUT2D eigenvalue weighted by Crippen LogP contribution is 2.31. The Balaban J connectivity index is 1.68. The molecular weight excluding hydrogens is 361 g/mol. The van der Waals surface area contributed by atoms with Crippen LogP contribution in [0.15, 0.2) is 23.1 Å². The molecule has 1 aliphatic carbocycles. The summed E-state index contributed by atoms with van der Waals surface area (Å²) >= 11 is 11.9. The minimum atomic E-state index is -3.72. The maximum absolute atomic E-state index is 12.7. The van der Waals surface area contributed by atoms with Crippen molar-refractivity contribution in [2.24, 2.45) is 0 Å². The van der Waals surface area contributed by atoms with Gasteiger partial charge in [0, 0.05) is 32.2 Å². The summed E-state index contributed by atoms with van der Waals surface area (Å²) in [5, 5.41) is 3.14. The monoisotopic (exact) mass is 377 g/mol. The first-order chi connectivity index (χ1) is 10.9. The molecule has 0 spiro atoms. The third kappa shape index (κ3) is 3.57. The lowest BCUT2D eigenvalue weighted by molar-refractivity contribution is 0.172. The maximum atomic E-state index is 12.7. The standard InChI is InChI=1S/C14H17Cl2N3O3S/c15-11-2-1-3-12(13(11)16)23(21,22)19-8-6-18(7-9-19)14(20)17-10-4-5-10/h1-3,10H,4-9H2,(H,17,20). The van der Waals surface area contributed by atoms with Gasteiger partial charge in [-0.25, -0.2) is 13.2 Å². The average Bonchev–Trinajstić information content (AvgIpc) is 3.34. The quantitative estimate of drug-likeness (QED) is 0.877. The molecule has 1 saturated carbocycles. The van der Waals surface area contributed by atoms with Gasteiger partial charge in [-0.2, -0.15) is 4.31 Å². The van der Waals surface area contributed by atoms with Crippen LogP contribution in [0, 0.1) is 0 Å². The van der Waals surface area contributed by atoms with Crippen molar-refractivity contribution in [1.29, 1.82) is 0 Å². The molecule has 2 aliphatic rings. The number of nitrogens with zero attached hydrogens (tertiary/aromatic N) is 2. The predicted octanol–water partition coefficient (Wildman–Crippen LogP) is 2.17. The number of urea groups is 1. The Kier molecular flexibility index (Phi) is 4.73. The molecule has 2 fully saturated rings. The highest BCUT2D eigenvalue weighted by Gasteiger charge is 2.33. The van der Waals surface area contributed by atoms with Crippen molar-refractivity contribution < 1.29 is 13.2 Å². The van der Waals surface area contributed by atoms with Gasteiger partial charge in [0.05, 0.1) is 10.0 Å². The van der Waals surface area contributed by atoms with E-state index in [1.54, 1.807) is 17.0 Å². The molecule has 0 atom stereocenters. The smallest absolute Gasteiger partial charge is 0.317 e. The van der Waals surface area contributed by atoms with E-state index >= 15 is 0 Å². The summed E-state index contributed by atoms with van der Waals surface area (Å²) in [6.07, 6.45) is 2.04. The van der Waals surface area contributed by atoms with Crippen LogP contribution in [-0.4, -0.2) is 55.9 Å². The summed E-state index contributed by atoms with van der Waals surface area (Å²) in [7, 11) is -3.72. The van der Waals surface area contributed by atoms with E-state index in [1.165, 1.54) is 10.4 Å². The molecule has 0 unspecified atom stereocenters. The Hall–Kier alpha value is -1.02. The van der Waals surface area contributed by atoms with Crippen molar-refractivity contribution in [3.8, 4) is 0 Å². The van der Waals surface area contributed by atoms with Gasteiger partial charge in [-0.1, -0.05) is 29.3 Å². The van der Waals surface area contributed by atoms with Crippen LogP contribution in [0.2, 0.25) is 10.0 Å². The number of nitrogens with one attached hydrogen (secondary N) is 1. The molecule has 126 valence electrons. The van der Waals surface area contributed by atoms with E-state index in [2.05, 4.69) is 5.32 Å². The normalized spacial score (nSPS) is 19.7. The lowest BCUT2D eigenvalue weighted by atomic mass is 10.4. The molecule has 6 nitrogen and oxygen atoms in total. The topological polar surface area (TPSA) is 69.7 Å². The van der Waals surface area contributed by atoms with Gasteiger partial charge in [0.15, 0.2) is 0 Å². The molecule has 0 aromatic heterocycles. The van der Waals surface area contributed by atoms with Gasteiger partial charge < -0.3 is 10.2 Å². The van der Waals surface area contributed by atoms with Gasteiger partial charge in [-0.3, -0.25) is 0 Å². The van der Waals surface area contributed by atoms with Crippen LogP contribution in [0.5, 0.6) is 0 Å². The van der Waals surface area contributed by atoms with E-state index in [0.29, 0.717) is 13.1 Å². The summed E-state index contributed by atoms with van der Waals surface area (Å²) in [6, 6.07) is 4.71. The van der Waals surface area contributed by atoms with Crippen LogP contribution in [-0.2, 0) is 10.0 Å². The summed E-state index contributed by atoms with van der Waals surface area (Å²) in [4.78, 5) is 13.6. The largest absolute Gasteiger partial charge is 0.335 e. The molecule has 9 heteroatoms. The molecule has 0 radical (unpaired) electrons. The maximum Gasteiger partial charge on any atom is 0.317 e. The van der Waals surface area contributed by atoms with E-state index < -0.39 is 10.0 Å². The molecule has 1 saturated heterocycles. The number of piperazine rings is 1. The van der Waals surface area contributed by atoms with Crippen LogP contribution in [0.1, 0.15) is 12.8 Å². The van der Waals surface area contributed by atoms with Crippen LogP contribution >= 0.6 is 23.2 Å². The molecule has 3 rings (SSSR count). The third-order valence-corrected chi connectivity index (χ3v) is 6.84. The van der Waals surface area contributed by atoms with Crippen molar-refractivity contribution in [3.63, 3.8) is 0 Å². The van der Waals surface area contributed by atoms with Crippen molar-refractivity contribution in [1.82, 2.24) is 14.5 Å². The molecule has 1 aromatic carbocycles.